The number of hydrogen-bond acceptors (Lipinski definition) is 5. The molecule has 1 heterocycles. The standard InChI is InChI=1S/C26H22N2O4S/c1-28(24-10-5-15-33-24)26(30)21(16-18-11-13-20(14-12-18)25(29)27-31)17-32-23-9-4-7-19-6-2-3-8-22(19)23/h2-16,31H,17H2,1H3,(H,27,29)/b21-16+. The first-order valence-electron chi connectivity index (χ1n) is 10.2. The van der Waals surface area contributed by atoms with Crippen LogP contribution in [0.1, 0.15) is 15.9 Å². The fourth-order valence-corrected chi connectivity index (χ4v) is 4.11. The maximum atomic E-state index is 13.3. The normalized spacial score (nSPS) is 11.3. The number of ether oxygens (including phenoxy) is 1. The summed E-state index contributed by atoms with van der Waals surface area (Å²) in [7, 11) is 1.73. The van der Waals surface area contributed by atoms with Crippen LogP contribution in [0.3, 0.4) is 0 Å². The average molecular weight is 459 g/mol. The lowest BCUT2D eigenvalue weighted by Gasteiger charge is -2.18. The molecule has 0 saturated heterocycles. The third-order valence-corrected chi connectivity index (χ3v) is 6.11. The number of likely N-dealkylation sites (N-methyl/N-ethyl adjacent to an activating group) is 1. The summed E-state index contributed by atoms with van der Waals surface area (Å²) >= 11 is 1.48. The van der Waals surface area contributed by atoms with Gasteiger partial charge in [-0.25, -0.2) is 5.48 Å². The van der Waals surface area contributed by atoms with Gasteiger partial charge in [-0.2, -0.15) is 0 Å². The van der Waals surface area contributed by atoms with Crippen LogP contribution < -0.4 is 15.1 Å². The van der Waals surface area contributed by atoms with Gasteiger partial charge in [0.15, 0.2) is 0 Å². The smallest absolute Gasteiger partial charge is 0.274 e. The van der Waals surface area contributed by atoms with Gasteiger partial charge in [0, 0.05) is 18.0 Å². The van der Waals surface area contributed by atoms with Crippen molar-refractivity contribution in [2.45, 2.75) is 0 Å². The summed E-state index contributed by atoms with van der Waals surface area (Å²) < 4.78 is 6.11. The Kier molecular flexibility index (Phi) is 6.83. The maximum absolute atomic E-state index is 13.3. The molecule has 3 aromatic carbocycles. The van der Waals surface area contributed by atoms with Gasteiger partial charge in [0.25, 0.3) is 11.8 Å². The third kappa shape index (κ3) is 5.11. The number of rotatable bonds is 7. The van der Waals surface area contributed by atoms with E-state index in [9.17, 15) is 9.59 Å². The van der Waals surface area contributed by atoms with Gasteiger partial charge in [-0.1, -0.05) is 48.5 Å². The predicted molar refractivity (Wildman–Crippen MR) is 131 cm³/mol. The van der Waals surface area contributed by atoms with Crippen LogP contribution in [0.25, 0.3) is 16.8 Å². The summed E-state index contributed by atoms with van der Waals surface area (Å²) in [5, 5.41) is 13.6. The van der Waals surface area contributed by atoms with E-state index in [0.717, 1.165) is 21.3 Å². The molecule has 166 valence electrons. The van der Waals surface area contributed by atoms with Crippen molar-refractivity contribution in [1.82, 2.24) is 5.48 Å². The molecule has 0 spiro atoms. The molecule has 1 aromatic heterocycles. The lowest BCUT2D eigenvalue weighted by Crippen LogP contribution is -2.29. The van der Waals surface area contributed by atoms with Crippen LogP contribution in [0.15, 0.2) is 89.8 Å². The van der Waals surface area contributed by atoms with E-state index < -0.39 is 5.91 Å². The molecule has 0 radical (unpaired) electrons. The van der Waals surface area contributed by atoms with Crippen LogP contribution in [-0.4, -0.2) is 30.7 Å². The number of hydroxylamine groups is 1. The number of hydrogen-bond donors (Lipinski definition) is 2. The highest BCUT2D eigenvalue weighted by molar-refractivity contribution is 7.14. The highest BCUT2D eigenvalue weighted by Gasteiger charge is 2.18. The zero-order valence-electron chi connectivity index (χ0n) is 17.9. The quantitative estimate of drug-likeness (QED) is 0.228. The lowest BCUT2D eigenvalue weighted by atomic mass is 10.1. The van der Waals surface area contributed by atoms with Crippen LogP contribution in [0.4, 0.5) is 5.00 Å². The maximum Gasteiger partial charge on any atom is 0.274 e. The summed E-state index contributed by atoms with van der Waals surface area (Å²) in [6.07, 6.45) is 1.75. The van der Waals surface area contributed by atoms with Crippen LogP contribution in [0.2, 0.25) is 0 Å². The Labute approximate surface area is 195 Å². The second-order valence-electron chi connectivity index (χ2n) is 7.31. The van der Waals surface area contributed by atoms with Gasteiger partial charge in [-0.3, -0.25) is 14.8 Å². The van der Waals surface area contributed by atoms with E-state index in [4.69, 9.17) is 9.94 Å². The van der Waals surface area contributed by atoms with Crippen molar-refractivity contribution in [3.8, 4) is 5.75 Å². The van der Waals surface area contributed by atoms with Crippen LogP contribution in [-0.2, 0) is 4.79 Å². The number of carbonyl (C=O) groups is 2. The second-order valence-corrected chi connectivity index (χ2v) is 8.24. The van der Waals surface area contributed by atoms with Crippen LogP contribution >= 0.6 is 11.3 Å². The van der Waals surface area contributed by atoms with E-state index in [1.165, 1.54) is 11.3 Å². The Hall–Kier alpha value is -3.94. The molecular weight excluding hydrogens is 436 g/mol. The van der Waals surface area contributed by atoms with Gasteiger partial charge in [0.2, 0.25) is 0 Å². The Bertz CT molecular complexity index is 1290. The largest absolute Gasteiger partial charge is 0.488 e. The summed E-state index contributed by atoms with van der Waals surface area (Å²) in [6, 6.07) is 24.1. The highest BCUT2D eigenvalue weighted by Crippen LogP contribution is 2.27. The number of anilines is 1. The number of benzene rings is 3. The first-order chi connectivity index (χ1) is 16.1. The summed E-state index contributed by atoms with van der Waals surface area (Å²) in [5.74, 6) is -0.0889. The molecule has 0 bridgehead atoms. The highest BCUT2D eigenvalue weighted by atomic mass is 32.1. The molecule has 0 aliphatic heterocycles. The first kappa shape index (κ1) is 22.3. The first-order valence-corrected chi connectivity index (χ1v) is 11.1. The number of fused-ring (bicyclic) bond motifs is 1. The Morgan fingerprint density at radius 3 is 2.48 bits per heavy atom. The lowest BCUT2D eigenvalue weighted by molar-refractivity contribution is -0.115. The van der Waals surface area contributed by atoms with Crippen molar-refractivity contribution < 1.29 is 19.5 Å². The van der Waals surface area contributed by atoms with E-state index in [1.54, 1.807) is 47.8 Å². The van der Waals surface area contributed by atoms with Gasteiger partial charge in [-0.15, -0.1) is 11.3 Å². The van der Waals surface area contributed by atoms with Gasteiger partial charge in [0.1, 0.15) is 12.4 Å². The zero-order chi connectivity index (χ0) is 23.2. The molecule has 0 saturated carbocycles. The molecule has 2 amide bonds. The number of amides is 2. The molecular formula is C26H22N2O4S. The fourth-order valence-electron chi connectivity index (χ4n) is 3.41. The molecule has 0 aliphatic carbocycles. The van der Waals surface area contributed by atoms with Gasteiger partial charge in [0.05, 0.1) is 10.6 Å². The Morgan fingerprint density at radius 1 is 1.00 bits per heavy atom. The summed E-state index contributed by atoms with van der Waals surface area (Å²) in [5.41, 5.74) is 3.11. The molecule has 0 unspecified atom stereocenters. The average Bonchev–Trinajstić information content (AvgIpc) is 3.40. The molecule has 7 heteroatoms. The number of thiophene rings is 1. The van der Waals surface area contributed by atoms with Crippen molar-refractivity contribution in [1.29, 1.82) is 0 Å². The van der Waals surface area contributed by atoms with E-state index in [-0.39, 0.29) is 12.5 Å². The van der Waals surface area contributed by atoms with Gasteiger partial charge >= 0.3 is 0 Å². The minimum atomic E-state index is -0.599. The number of carbonyl (C=O) groups excluding carboxylic acids is 2. The summed E-state index contributed by atoms with van der Waals surface area (Å²) in [4.78, 5) is 26.5. The van der Waals surface area contributed by atoms with E-state index in [1.807, 2.05) is 60.0 Å². The second kappa shape index (κ2) is 10.1. The number of nitrogens with zero attached hydrogens (tertiary/aromatic N) is 1. The molecule has 0 aliphatic rings. The van der Waals surface area contributed by atoms with E-state index in [0.29, 0.717) is 16.9 Å². The van der Waals surface area contributed by atoms with Crippen molar-refractivity contribution in [3.63, 3.8) is 0 Å². The summed E-state index contributed by atoms with van der Waals surface area (Å²) in [6.45, 7) is 0.0709. The van der Waals surface area contributed by atoms with E-state index >= 15 is 0 Å². The predicted octanol–water partition coefficient (Wildman–Crippen LogP) is 5.15. The van der Waals surface area contributed by atoms with Crippen LogP contribution in [0.5, 0.6) is 5.75 Å². The molecule has 6 nitrogen and oxygen atoms in total. The Morgan fingerprint density at radius 2 is 1.76 bits per heavy atom. The molecule has 2 N–H and O–H groups in total. The minimum Gasteiger partial charge on any atom is -0.488 e. The third-order valence-electron chi connectivity index (χ3n) is 5.16. The van der Waals surface area contributed by atoms with Gasteiger partial charge in [-0.05, 0) is 52.7 Å². The van der Waals surface area contributed by atoms with Crippen molar-refractivity contribution >= 4 is 45.0 Å². The van der Waals surface area contributed by atoms with E-state index in [2.05, 4.69) is 0 Å². The van der Waals surface area contributed by atoms with Crippen molar-refractivity contribution in [3.05, 3.63) is 101 Å². The SMILES string of the molecule is CN(C(=O)/C(=C/c1ccc(C(=O)NO)cc1)COc1cccc2ccccc12)c1cccs1. The molecule has 0 atom stereocenters. The van der Waals surface area contributed by atoms with Crippen molar-refractivity contribution in [2.75, 3.05) is 18.6 Å². The minimum absolute atomic E-state index is 0.0709. The monoisotopic (exact) mass is 458 g/mol. The molecule has 4 rings (SSSR count). The Balaban J connectivity index is 1.64. The molecule has 4 aromatic rings. The zero-order valence-corrected chi connectivity index (χ0v) is 18.7. The fraction of sp³-hybridized carbons (Fsp3) is 0.0769. The topological polar surface area (TPSA) is 78.9 Å². The molecule has 33 heavy (non-hydrogen) atoms. The van der Waals surface area contributed by atoms with Crippen LogP contribution in [0, 0.1) is 0 Å². The molecule has 0 fully saturated rings. The van der Waals surface area contributed by atoms with Gasteiger partial charge < -0.3 is 9.64 Å². The number of nitrogens with one attached hydrogen (secondary N) is 1. The van der Waals surface area contributed by atoms with Crippen molar-refractivity contribution in [2.24, 2.45) is 0 Å².